The molecule has 5 rings (SSSR count). The highest BCUT2D eigenvalue weighted by Crippen LogP contribution is 2.30. The maximum Gasteiger partial charge on any atom is 0.331 e. The Morgan fingerprint density at radius 1 is 1.09 bits per heavy atom. The van der Waals surface area contributed by atoms with E-state index in [2.05, 4.69) is 25.3 Å². The summed E-state index contributed by atoms with van der Waals surface area (Å²) < 4.78 is 1.66. The molecule has 4 heterocycles. The lowest BCUT2D eigenvalue weighted by atomic mass is 10.0. The first-order valence-electron chi connectivity index (χ1n) is 10.4. The fourth-order valence-corrected chi connectivity index (χ4v) is 4.03. The van der Waals surface area contributed by atoms with Gasteiger partial charge in [-0.2, -0.15) is 0 Å². The lowest BCUT2D eigenvalue weighted by Crippen LogP contribution is -2.16. The van der Waals surface area contributed by atoms with Gasteiger partial charge in [0.2, 0.25) is 0 Å². The number of rotatable bonds is 5. The van der Waals surface area contributed by atoms with Crippen LogP contribution in [0.1, 0.15) is 18.3 Å². The zero-order valence-electron chi connectivity index (χ0n) is 17.8. The van der Waals surface area contributed by atoms with E-state index in [9.17, 15) is 9.90 Å². The summed E-state index contributed by atoms with van der Waals surface area (Å²) in [5.41, 5.74) is 6.68. The second-order valence-electron chi connectivity index (χ2n) is 7.53. The summed E-state index contributed by atoms with van der Waals surface area (Å²) in [6, 6.07) is 11.6. The van der Waals surface area contributed by atoms with E-state index in [0.717, 1.165) is 51.2 Å². The van der Waals surface area contributed by atoms with Crippen molar-refractivity contribution in [1.82, 2.24) is 24.5 Å². The Labute approximate surface area is 183 Å². The predicted octanol–water partition coefficient (Wildman–Crippen LogP) is 3.56. The number of aromatic nitrogens is 5. The van der Waals surface area contributed by atoms with E-state index < -0.39 is 0 Å². The number of hydrogen-bond acceptors (Lipinski definition) is 6. The van der Waals surface area contributed by atoms with Gasteiger partial charge in [0, 0.05) is 29.9 Å². The molecular formula is C24H22N6O2. The number of pyridine rings is 3. The van der Waals surface area contributed by atoms with Crippen LogP contribution in [0.15, 0.2) is 59.8 Å². The molecular weight excluding hydrogens is 404 g/mol. The predicted molar refractivity (Wildman–Crippen MR) is 125 cm³/mol. The van der Waals surface area contributed by atoms with Crippen LogP contribution in [-0.2, 0) is 6.61 Å². The number of nitrogens with one attached hydrogen (secondary N) is 2. The van der Waals surface area contributed by atoms with E-state index in [0.29, 0.717) is 11.2 Å². The summed E-state index contributed by atoms with van der Waals surface area (Å²) in [6.45, 7) is 4.47. The third kappa shape index (κ3) is 3.21. The minimum absolute atomic E-state index is 0.134. The fourth-order valence-electron chi connectivity index (χ4n) is 4.03. The summed E-state index contributed by atoms with van der Waals surface area (Å²) in [4.78, 5) is 29.1. The van der Waals surface area contributed by atoms with Gasteiger partial charge in [-0.15, -0.1) is 0 Å². The largest absolute Gasteiger partial charge is 0.390 e. The number of fused-ring (bicyclic) bond motifs is 3. The van der Waals surface area contributed by atoms with Gasteiger partial charge in [0.25, 0.3) is 0 Å². The zero-order valence-corrected chi connectivity index (χ0v) is 17.8. The SMILES string of the molecule is CCNc1cc(-c2ccc3ncc4[nH]c(=O)n(-c5cccnc5C)c4c3c2)cnc1CO. The topological polar surface area (TPSA) is 109 Å². The van der Waals surface area contributed by atoms with Gasteiger partial charge in [0.1, 0.15) is 0 Å². The van der Waals surface area contributed by atoms with Crippen LogP contribution < -0.4 is 11.0 Å². The van der Waals surface area contributed by atoms with Crippen LogP contribution >= 0.6 is 0 Å². The zero-order chi connectivity index (χ0) is 22.2. The Bertz CT molecular complexity index is 1520. The number of imidazole rings is 1. The molecule has 32 heavy (non-hydrogen) atoms. The summed E-state index contributed by atoms with van der Waals surface area (Å²) in [7, 11) is 0. The molecule has 0 atom stereocenters. The maximum atomic E-state index is 12.9. The highest BCUT2D eigenvalue weighted by Gasteiger charge is 2.16. The molecule has 0 aliphatic carbocycles. The van der Waals surface area contributed by atoms with Gasteiger partial charge in [0.15, 0.2) is 0 Å². The Balaban J connectivity index is 1.77. The van der Waals surface area contributed by atoms with Crippen molar-refractivity contribution in [2.24, 2.45) is 0 Å². The molecule has 0 aliphatic heterocycles. The van der Waals surface area contributed by atoms with Crippen molar-refractivity contribution in [3.05, 3.63) is 76.9 Å². The summed E-state index contributed by atoms with van der Waals surface area (Å²) >= 11 is 0. The molecule has 0 saturated heterocycles. The highest BCUT2D eigenvalue weighted by atomic mass is 16.3. The van der Waals surface area contributed by atoms with Gasteiger partial charge in [0.05, 0.1) is 52.1 Å². The second kappa shape index (κ2) is 7.90. The normalized spacial score (nSPS) is 11.3. The van der Waals surface area contributed by atoms with Crippen LogP contribution in [-0.4, -0.2) is 36.2 Å². The molecule has 0 bridgehead atoms. The number of hydrogen-bond donors (Lipinski definition) is 3. The lowest BCUT2D eigenvalue weighted by molar-refractivity contribution is 0.277. The molecule has 0 aliphatic rings. The van der Waals surface area contributed by atoms with Gasteiger partial charge in [-0.25, -0.2) is 4.79 Å². The van der Waals surface area contributed by atoms with Crippen LogP contribution in [0.25, 0.3) is 38.8 Å². The summed E-state index contributed by atoms with van der Waals surface area (Å²) in [5, 5.41) is 13.7. The van der Waals surface area contributed by atoms with Gasteiger partial charge in [-0.05, 0) is 49.7 Å². The lowest BCUT2D eigenvalue weighted by Gasteiger charge is -2.12. The van der Waals surface area contributed by atoms with Gasteiger partial charge >= 0.3 is 5.69 Å². The molecule has 0 spiro atoms. The van der Waals surface area contributed by atoms with Gasteiger partial charge < -0.3 is 15.4 Å². The monoisotopic (exact) mass is 426 g/mol. The molecule has 4 aromatic heterocycles. The second-order valence-corrected chi connectivity index (χ2v) is 7.53. The molecule has 160 valence electrons. The van der Waals surface area contributed by atoms with Crippen molar-refractivity contribution in [2.75, 3.05) is 11.9 Å². The van der Waals surface area contributed by atoms with Crippen molar-refractivity contribution in [1.29, 1.82) is 0 Å². The van der Waals surface area contributed by atoms with Crippen LogP contribution in [0.3, 0.4) is 0 Å². The van der Waals surface area contributed by atoms with E-state index in [1.165, 1.54) is 0 Å². The van der Waals surface area contributed by atoms with Crippen LogP contribution in [0, 0.1) is 6.92 Å². The number of H-pyrrole nitrogens is 1. The number of anilines is 1. The van der Waals surface area contributed by atoms with E-state index >= 15 is 0 Å². The van der Waals surface area contributed by atoms with Crippen molar-refractivity contribution in [3.8, 4) is 16.8 Å². The third-order valence-electron chi connectivity index (χ3n) is 5.55. The van der Waals surface area contributed by atoms with E-state index in [1.54, 1.807) is 23.2 Å². The standard InChI is InChI=1S/C24H22N6O2/c1-3-25-19-10-16(11-27-21(19)13-31)15-6-7-18-17(9-15)23-20(12-28-18)29-24(32)30(23)22-5-4-8-26-14(22)2/h4-12,25,31H,3,13H2,1-2H3,(H,29,32). The van der Waals surface area contributed by atoms with Crippen LogP contribution in [0.5, 0.6) is 0 Å². The molecule has 0 unspecified atom stereocenters. The summed E-state index contributed by atoms with van der Waals surface area (Å²) in [5.74, 6) is 0. The number of nitrogens with zero attached hydrogens (tertiary/aromatic N) is 4. The van der Waals surface area contributed by atoms with Gasteiger partial charge in [-0.3, -0.25) is 19.5 Å². The first-order valence-corrected chi connectivity index (χ1v) is 10.4. The fraction of sp³-hybridized carbons (Fsp3) is 0.167. The molecule has 0 radical (unpaired) electrons. The van der Waals surface area contributed by atoms with Crippen molar-refractivity contribution in [2.45, 2.75) is 20.5 Å². The quantitative estimate of drug-likeness (QED) is 0.397. The first kappa shape index (κ1) is 19.9. The van der Waals surface area contributed by atoms with E-state index in [4.69, 9.17) is 0 Å². The Morgan fingerprint density at radius 2 is 1.97 bits per heavy atom. The number of aliphatic hydroxyl groups is 1. The number of aryl methyl sites for hydroxylation is 1. The van der Waals surface area contributed by atoms with Crippen molar-refractivity contribution in [3.63, 3.8) is 0 Å². The van der Waals surface area contributed by atoms with Gasteiger partial charge in [-0.1, -0.05) is 6.07 Å². The van der Waals surface area contributed by atoms with Crippen LogP contribution in [0.4, 0.5) is 5.69 Å². The molecule has 1 aromatic carbocycles. The average molecular weight is 426 g/mol. The molecule has 0 fully saturated rings. The minimum Gasteiger partial charge on any atom is -0.390 e. The third-order valence-corrected chi connectivity index (χ3v) is 5.55. The first-order chi connectivity index (χ1) is 15.6. The Kier molecular flexibility index (Phi) is 4.91. The van der Waals surface area contributed by atoms with E-state index in [-0.39, 0.29) is 12.3 Å². The Hall–Kier alpha value is -4.04. The number of aliphatic hydroxyl groups excluding tert-OH is 1. The Morgan fingerprint density at radius 3 is 2.75 bits per heavy atom. The molecule has 3 N–H and O–H groups in total. The van der Waals surface area contributed by atoms with Crippen molar-refractivity contribution < 1.29 is 5.11 Å². The molecule has 0 amide bonds. The number of aromatic amines is 1. The van der Waals surface area contributed by atoms with Crippen molar-refractivity contribution >= 4 is 27.6 Å². The number of benzene rings is 1. The smallest absolute Gasteiger partial charge is 0.331 e. The van der Waals surface area contributed by atoms with Crippen LogP contribution in [0.2, 0.25) is 0 Å². The molecule has 0 saturated carbocycles. The maximum absolute atomic E-state index is 12.9. The molecule has 5 aromatic rings. The highest BCUT2D eigenvalue weighted by molar-refractivity contribution is 6.04. The molecule has 8 heteroatoms. The average Bonchev–Trinajstić information content (AvgIpc) is 3.15. The minimum atomic E-state index is -0.237. The van der Waals surface area contributed by atoms with E-state index in [1.807, 2.05) is 50.2 Å². The molecule has 8 nitrogen and oxygen atoms in total. The summed E-state index contributed by atoms with van der Waals surface area (Å²) in [6.07, 6.45) is 5.14.